The summed E-state index contributed by atoms with van der Waals surface area (Å²) >= 11 is 0. The Balaban J connectivity index is 1.66. The summed E-state index contributed by atoms with van der Waals surface area (Å²) in [6, 6.07) is 24.4. The van der Waals surface area contributed by atoms with Crippen LogP contribution in [0, 0.1) is 0 Å². The molecule has 1 unspecified atom stereocenters. The van der Waals surface area contributed by atoms with Gasteiger partial charge in [-0.25, -0.2) is 8.78 Å². The van der Waals surface area contributed by atoms with E-state index in [1.807, 2.05) is 66.7 Å². The maximum Gasteiger partial charge on any atom is 0.250 e. The lowest BCUT2D eigenvalue weighted by Gasteiger charge is -2.30. The van der Waals surface area contributed by atoms with Gasteiger partial charge in [-0.05, 0) is 53.3 Å². The van der Waals surface area contributed by atoms with Gasteiger partial charge in [-0.1, -0.05) is 75.4 Å². The van der Waals surface area contributed by atoms with Gasteiger partial charge in [-0.3, -0.25) is 0 Å². The average molecular weight is 425 g/mol. The molecular weight excluding hydrogens is 394 g/mol. The highest BCUT2D eigenvalue weighted by Gasteiger charge is 2.37. The van der Waals surface area contributed by atoms with Crippen LogP contribution in [0.1, 0.15) is 44.4 Å². The number of hydrogen-bond acceptors (Lipinski definition) is 2. The van der Waals surface area contributed by atoms with Gasteiger partial charge in [-0.2, -0.15) is 0 Å². The third-order valence-electron chi connectivity index (χ3n) is 5.44. The van der Waals surface area contributed by atoms with Crippen LogP contribution in [0.4, 0.5) is 8.78 Å². The molecular formula is C27H30F2O2. The van der Waals surface area contributed by atoms with Gasteiger partial charge in [0.1, 0.15) is 11.5 Å². The van der Waals surface area contributed by atoms with Crippen molar-refractivity contribution in [3.8, 4) is 11.5 Å². The summed E-state index contributed by atoms with van der Waals surface area (Å²) in [6.45, 7) is 8.02. The van der Waals surface area contributed by atoms with E-state index in [1.165, 1.54) is 0 Å². The minimum atomic E-state index is -2.54. The summed E-state index contributed by atoms with van der Waals surface area (Å²) in [7, 11) is 0. The summed E-state index contributed by atoms with van der Waals surface area (Å²) in [5.41, 5.74) is 1.16. The van der Waals surface area contributed by atoms with Crippen LogP contribution in [-0.4, -0.2) is 13.0 Å². The summed E-state index contributed by atoms with van der Waals surface area (Å²) in [6.07, 6.45) is -2.54. The van der Waals surface area contributed by atoms with E-state index in [4.69, 9.17) is 9.47 Å². The smallest absolute Gasteiger partial charge is 0.250 e. The van der Waals surface area contributed by atoms with Gasteiger partial charge >= 0.3 is 0 Å². The summed E-state index contributed by atoms with van der Waals surface area (Å²) in [5.74, 6) is 1.42. The Kier molecular flexibility index (Phi) is 7.11. The second-order valence-corrected chi connectivity index (χ2v) is 9.10. The molecule has 0 radical (unpaired) electrons. The van der Waals surface area contributed by atoms with Crippen LogP contribution in [0.25, 0.3) is 0 Å². The zero-order valence-corrected chi connectivity index (χ0v) is 18.6. The fourth-order valence-corrected chi connectivity index (χ4v) is 3.33. The third-order valence-corrected chi connectivity index (χ3v) is 5.44. The Hall–Kier alpha value is -2.72. The van der Waals surface area contributed by atoms with Crippen LogP contribution in [0.3, 0.4) is 0 Å². The number of halogens is 2. The fourth-order valence-electron chi connectivity index (χ4n) is 3.33. The molecule has 3 aromatic rings. The number of rotatable bonds is 8. The molecule has 2 nitrogen and oxygen atoms in total. The van der Waals surface area contributed by atoms with E-state index < -0.39 is 11.8 Å². The molecule has 0 N–H and O–H groups in total. The lowest BCUT2D eigenvalue weighted by molar-refractivity contribution is -0.0128. The SMILES string of the molecule is CC(C)(C)c1ccc(C(C)(COCc2cccc(Oc3ccccc3)c2)C(F)F)cc1. The van der Waals surface area contributed by atoms with Crippen molar-refractivity contribution in [2.45, 2.75) is 51.6 Å². The molecule has 4 heteroatoms. The first-order valence-corrected chi connectivity index (χ1v) is 10.5. The lowest BCUT2D eigenvalue weighted by Crippen LogP contribution is -2.36. The number of hydrogen-bond donors (Lipinski definition) is 0. The van der Waals surface area contributed by atoms with Crippen molar-refractivity contribution in [2.24, 2.45) is 0 Å². The van der Waals surface area contributed by atoms with Crippen LogP contribution < -0.4 is 4.74 Å². The molecule has 0 aliphatic rings. The van der Waals surface area contributed by atoms with Gasteiger partial charge < -0.3 is 9.47 Å². The van der Waals surface area contributed by atoms with Crippen molar-refractivity contribution < 1.29 is 18.3 Å². The molecule has 0 aliphatic carbocycles. The zero-order chi connectivity index (χ0) is 22.5. The highest BCUT2D eigenvalue weighted by molar-refractivity contribution is 5.34. The molecule has 3 aromatic carbocycles. The second kappa shape index (κ2) is 9.61. The van der Waals surface area contributed by atoms with Crippen molar-refractivity contribution in [1.29, 1.82) is 0 Å². The quantitative estimate of drug-likeness (QED) is 0.372. The highest BCUT2D eigenvalue weighted by Crippen LogP contribution is 2.33. The molecule has 0 fully saturated rings. The van der Waals surface area contributed by atoms with Gasteiger partial charge in [0, 0.05) is 0 Å². The van der Waals surface area contributed by atoms with Gasteiger partial charge in [0.2, 0.25) is 6.43 Å². The van der Waals surface area contributed by atoms with E-state index in [2.05, 4.69) is 20.8 Å². The standard InChI is InChI=1S/C27H30F2O2/c1-26(2,3)21-13-15-22(16-14-21)27(4,25(28)29)19-30-18-20-9-8-12-24(17-20)31-23-10-6-5-7-11-23/h5-17,25H,18-19H2,1-4H3. The van der Waals surface area contributed by atoms with Crippen molar-refractivity contribution in [2.75, 3.05) is 6.61 Å². The normalized spacial score (nSPS) is 13.8. The summed E-state index contributed by atoms with van der Waals surface area (Å²) < 4.78 is 39.7. The molecule has 31 heavy (non-hydrogen) atoms. The molecule has 1 atom stereocenters. The topological polar surface area (TPSA) is 18.5 Å². The Morgan fingerprint density at radius 1 is 0.742 bits per heavy atom. The maximum atomic E-state index is 14.0. The van der Waals surface area contributed by atoms with Gasteiger partial charge in [0.25, 0.3) is 0 Å². The van der Waals surface area contributed by atoms with E-state index in [9.17, 15) is 8.78 Å². The minimum absolute atomic E-state index is 0.0247. The predicted octanol–water partition coefficient (Wildman–Crippen LogP) is 7.52. The first-order chi connectivity index (χ1) is 14.7. The van der Waals surface area contributed by atoms with E-state index in [0.29, 0.717) is 11.3 Å². The van der Waals surface area contributed by atoms with Crippen LogP contribution in [0.15, 0.2) is 78.9 Å². The highest BCUT2D eigenvalue weighted by atomic mass is 19.3. The molecule has 0 saturated carbocycles. The van der Waals surface area contributed by atoms with Crippen LogP contribution >= 0.6 is 0 Å². The zero-order valence-electron chi connectivity index (χ0n) is 18.6. The van der Waals surface area contributed by atoms with Crippen molar-refractivity contribution in [3.05, 3.63) is 95.6 Å². The molecule has 0 heterocycles. The fraction of sp³-hybridized carbons (Fsp3) is 0.333. The van der Waals surface area contributed by atoms with E-state index in [-0.39, 0.29) is 18.6 Å². The van der Waals surface area contributed by atoms with Crippen LogP contribution in [-0.2, 0) is 22.2 Å². The van der Waals surface area contributed by atoms with Gasteiger partial charge in [-0.15, -0.1) is 0 Å². The van der Waals surface area contributed by atoms with Crippen molar-refractivity contribution >= 4 is 0 Å². The largest absolute Gasteiger partial charge is 0.457 e. The monoisotopic (exact) mass is 424 g/mol. The van der Waals surface area contributed by atoms with E-state index in [0.717, 1.165) is 16.9 Å². The molecule has 0 amide bonds. The third kappa shape index (κ3) is 5.92. The van der Waals surface area contributed by atoms with Gasteiger partial charge in [0.05, 0.1) is 18.6 Å². The molecule has 0 aliphatic heterocycles. The lowest BCUT2D eigenvalue weighted by atomic mass is 9.80. The number of benzene rings is 3. The predicted molar refractivity (Wildman–Crippen MR) is 121 cm³/mol. The van der Waals surface area contributed by atoms with Crippen molar-refractivity contribution in [3.63, 3.8) is 0 Å². The number of alkyl halides is 2. The molecule has 0 bridgehead atoms. The molecule has 0 aromatic heterocycles. The molecule has 0 spiro atoms. The van der Waals surface area contributed by atoms with Gasteiger partial charge in [0.15, 0.2) is 0 Å². The number of ether oxygens (including phenoxy) is 2. The molecule has 0 saturated heterocycles. The molecule has 164 valence electrons. The maximum absolute atomic E-state index is 14.0. The van der Waals surface area contributed by atoms with E-state index >= 15 is 0 Å². The molecule has 3 rings (SSSR count). The summed E-state index contributed by atoms with van der Waals surface area (Å²) in [4.78, 5) is 0. The Labute approximate surface area is 183 Å². The van der Waals surface area contributed by atoms with Crippen LogP contribution in [0.5, 0.6) is 11.5 Å². The Morgan fingerprint density at radius 2 is 1.35 bits per heavy atom. The van der Waals surface area contributed by atoms with Crippen molar-refractivity contribution in [1.82, 2.24) is 0 Å². The first kappa shape index (κ1) is 23.0. The minimum Gasteiger partial charge on any atom is -0.457 e. The Bertz CT molecular complexity index is 963. The van der Waals surface area contributed by atoms with Crippen LogP contribution in [0.2, 0.25) is 0 Å². The Morgan fingerprint density at radius 3 is 1.97 bits per heavy atom. The number of para-hydroxylation sites is 1. The first-order valence-electron chi connectivity index (χ1n) is 10.5. The average Bonchev–Trinajstić information content (AvgIpc) is 2.74. The second-order valence-electron chi connectivity index (χ2n) is 9.10. The summed E-state index contributed by atoms with van der Waals surface area (Å²) in [5, 5.41) is 0. The van der Waals surface area contributed by atoms with E-state index in [1.54, 1.807) is 19.1 Å².